The van der Waals surface area contributed by atoms with E-state index >= 15 is 0 Å². The first kappa shape index (κ1) is 19.2. The lowest BCUT2D eigenvalue weighted by atomic mass is 10.0. The number of hydrogen-bond acceptors (Lipinski definition) is 5. The average molecular weight is 473 g/mol. The van der Waals surface area contributed by atoms with Crippen LogP contribution in [0.1, 0.15) is 24.4 Å². The number of anilines is 1. The lowest BCUT2D eigenvalue weighted by Crippen LogP contribution is -2.33. The van der Waals surface area contributed by atoms with E-state index in [1.54, 1.807) is 12.1 Å². The summed E-state index contributed by atoms with van der Waals surface area (Å²) < 4.78 is 12.0. The van der Waals surface area contributed by atoms with Gasteiger partial charge >= 0.3 is 5.69 Å². The number of nitrogens with one attached hydrogen (secondary N) is 3. The summed E-state index contributed by atoms with van der Waals surface area (Å²) in [5.41, 5.74) is 2.81. The van der Waals surface area contributed by atoms with Crippen molar-refractivity contribution in [1.29, 1.82) is 0 Å². The second kappa shape index (κ2) is 7.81. The minimum Gasteiger partial charge on any atom is -0.486 e. The summed E-state index contributed by atoms with van der Waals surface area (Å²) >= 11 is 3.46. The normalized spacial score (nSPS) is 18.6. The van der Waals surface area contributed by atoms with Crippen LogP contribution in [0.2, 0.25) is 0 Å². The molecule has 156 valence electrons. The molecule has 0 aliphatic carbocycles. The fraction of sp³-hybridized carbons (Fsp3) is 0.333. The second-order valence-corrected chi connectivity index (χ2v) is 8.39. The molecule has 2 aliphatic rings. The third kappa shape index (κ3) is 3.70. The lowest BCUT2D eigenvalue weighted by molar-refractivity contribution is -0.117. The molecule has 3 N–H and O–H groups in total. The fourth-order valence-corrected chi connectivity index (χ4v) is 4.63. The molecule has 8 nitrogen and oxygen atoms in total. The summed E-state index contributed by atoms with van der Waals surface area (Å²) in [6.07, 6.45) is 2.03. The predicted molar refractivity (Wildman–Crippen MR) is 116 cm³/mol. The Kier molecular flexibility index (Phi) is 5.00. The molecule has 1 aromatic heterocycles. The highest BCUT2D eigenvalue weighted by Crippen LogP contribution is 2.38. The number of fused-ring (bicyclic) bond motifs is 2. The number of nitrogens with zero attached hydrogens (tertiary/aromatic N) is 1. The van der Waals surface area contributed by atoms with E-state index in [-0.39, 0.29) is 24.2 Å². The molecular formula is C21H21BrN4O4. The summed E-state index contributed by atoms with van der Waals surface area (Å²) in [5, 5.41) is 2.95. The smallest absolute Gasteiger partial charge is 0.323 e. The molecule has 2 aromatic carbocycles. The number of carbonyl (C=O) groups excluding carboxylic acids is 1. The van der Waals surface area contributed by atoms with Crippen molar-refractivity contribution in [3.63, 3.8) is 0 Å². The third-order valence-corrected chi connectivity index (χ3v) is 6.20. The van der Waals surface area contributed by atoms with Crippen LogP contribution < -0.4 is 20.5 Å². The van der Waals surface area contributed by atoms with Crippen molar-refractivity contribution in [3.05, 3.63) is 50.9 Å². The van der Waals surface area contributed by atoms with Crippen molar-refractivity contribution in [2.24, 2.45) is 0 Å². The van der Waals surface area contributed by atoms with E-state index < -0.39 is 0 Å². The number of rotatable bonds is 4. The quantitative estimate of drug-likeness (QED) is 0.541. The standard InChI is InChI=1S/C21H21BrN4O4/c22-13-9-15-16(25-21(28)24-15)10-14(13)23-20(27)11-26-5-1-2-17(26)12-3-4-18-19(8-12)30-7-6-29-18/h3-4,8-10,17H,1-2,5-7,11H2,(H,23,27)(H2,24,25,28)/t17-/m0/s1. The molecule has 5 rings (SSSR count). The summed E-state index contributed by atoms with van der Waals surface area (Å²) in [6.45, 7) is 2.27. The maximum Gasteiger partial charge on any atom is 0.323 e. The molecule has 0 saturated carbocycles. The first-order valence-corrected chi connectivity index (χ1v) is 10.7. The van der Waals surface area contributed by atoms with Crippen molar-refractivity contribution >= 4 is 38.6 Å². The number of hydrogen-bond donors (Lipinski definition) is 3. The largest absolute Gasteiger partial charge is 0.486 e. The zero-order valence-corrected chi connectivity index (χ0v) is 17.8. The van der Waals surface area contributed by atoms with Gasteiger partial charge in [-0.3, -0.25) is 9.69 Å². The number of halogens is 1. The van der Waals surface area contributed by atoms with Crippen LogP contribution in [0.25, 0.3) is 11.0 Å². The van der Waals surface area contributed by atoms with Crippen molar-refractivity contribution in [1.82, 2.24) is 14.9 Å². The molecule has 30 heavy (non-hydrogen) atoms. The summed E-state index contributed by atoms with van der Waals surface area (Å²) in [5.74, 6) is 1.44. The van der Waals surface area contributed by atoms with Crippen LogP contribution in [-0.2, 0) is 4.79 Å². The van der Waals surface area contributed by atoms with Gasteiger partial charge in [-0.25, -0.2) is 4.79 Å². The predicted octanol–water partition coefficient (Wildman–Crippen LogP) is 3.17. The van der Waals surface area contributed by atoms with Gasteiger partial charge in [0.2, 0.25) is 5.91 Å². The Morgan fingerprint density at radius 2 is 1.90 bits per heavy atom. The van der Waals surface area contributed by atoms with E-state index in [9.17, 15) is 9.59 Å². The highest BCUT2D eigenvalue weighted by atomic mass is 79.9. The van der Waals surface area contributed by atoms with Crippen molar-refractivity contribution in [3.8, 4) is 11.5 Å². The molecule has 9 heteroatoms. The summed E-state index contributed by atoms with van der Waals surface area (Å²) in [4.78, 5) is 31.9. The van der Waals surface area contributed by atoms with Gasteiger partial charge in [0.05, 0.1) is 23.3 Å². The monoisotopic (exact) mass is 472 g/mol. The van der Waals surface area contributed by atoms with E-state index in [1.165, 1.54) is 0 Å². The Balaban J connectivity index is 1.30. The van der Waals surface area contributed by atoms with Crippen LogP contribution in [0.3, 0.4) is 0 Å². The molecule has 3 aromatic rings. The van der Waals surface area contributed by atoms with Gasteiger partial charge in [0, 0.05) is 10.5 Å². The molecule has 1 amide bonds. The van der Waals surface area contributed by atoms with Gasteiger partial charge in [0.1, 0.15) is 13.2 Å². The Hall–Kier alpha value is -2.78. The van der Waals surface area contributed by atoms with Gasteiger partial charge in [-0.05, 0) is 65.1 Å². The minimum absolute atomic E-state index is 0.0997. The first-order chi connectivity index (χ1) is 14.6. The van der Waals surface area contributed by atoms with E-state index in [0.29, 0.717) is 34.4 Å². The number of H-pyrrole nitrogens is 2. The number of ether oxygens (including phenoxy) is 2. The molecule has 0 spiro atoms. The van der Waals surface area contributed by atoms with Gasteiger partial charge in [-0.15, -0.1) is 0 Å². The van der Waals surface area contributed by atoms with E-state index in [1.807, 2.05) is 12.1 Å². The second-order valence-electron chi connectivity index (χ2n) is 7.54. The van der Waals surface area contributed by atoms with Crippen LogP contribution in [-0.4, -0.2) is 47.1 Å². The number of aromatic amines is 2. The van der Waals surface area contributed by atoms with E-state index in [4.69, 9.17) is 9.47 Å². The molecular weight excluding hydrogens is 452 g/mol. The van der Waals surface area contributed by atoms with Crippen LogP contribution in [0.5, 0.6) is 11.5 Å². The van der Waals surface area contributed by atoms with Crippen LogP contribution >= 0.6 is 15.9 Å². The average Bonchev–Trinajstić information content (AvgIpc) is 3.33. The number of benzene rings is 2. The van der Waals surface area contributed by atoms with Gasteiger partial charge in [-0.2, -0.15) is 0 Å². The van der Waals surface area contributed by atoms with Crippen LogP contribution in [0, 0.1) is 0 Å². The van der Waals surface area contributed by atoms with Gasteiger partial charge in [0.15, 0.2) is 11.5 Å². The third-order valence-electron chi connectivity index (χ3n) is 5.54. The molecule has 2 aliphatic heterocycles. The van der Waals surface area contributed by atoms with Crippen LogP contribution in [0.15, 0.2) is 39.6 Å². The van der Waals surface area contributed by atoms with Gasteiger partial charge in [0.25, 0.3) is 0 Å². The molecule has 0 bridgehead atoms. The highest BCUT2D eigenvalue weighted by Gasteiger charge is 2.29. The van der Waals surface area contributed by atoms with Gasteiger partial charge in [-0.1, -0.05) is 6.07 Å². The maximum atomic E-state index is 12.8. The molecule has 1 atom stereocenters. The fourth-order valence-electron chi connectivity index (χ4n) is 4.19. The van der Waals surface area contributed by atoms with E-state index in [0.717, 1.165) is 36.4 Å². The number of carbonyl (C=O) groups is 1. The molecule has 1 saturated heterocycles. The minimum atomic E-state index is -0.278. The SMILES string of the molecule is O=C(CN1CCC[C@H]1c1ccc2c(c1)OCCO2)Nc1cc2[nH]c(=O)[nH]c2cc1Br. The first-order valence-electron chi connectivity index (χ1n) is 9.92. The topological polar surface area (TPSA) is 99.4 Å². The lowest BCUT2D eigenvalue weighted by Gasteiger charge is -2.26. The molecule has 1 fully saturated rings. The number of aromatic nitrogens is 2. The van der Waals surface area contributed by atoms with Crippen LogP contribution in [0.4, 0.5) is 5.69 Å². The Morgan fingerprint density at radius 1 is 1.13 bits per heavy atom. The Labute approximate surface area is 180 Å². The Bertz CT molecular complexity index is 1170. The summed E-state index contributed by atoms with van der Waals surface area (Å²) in [6, 6.07) is 9.72. The molecule has 0 radical (unpaired) electrons. The Morgan fingerprint density at radius 3 is 2.73 bits per heavy atom. The van der Waals surface area contributed by atoms with E-state index in [2.05, 4.69) is 42.2 Å². The zero-order chi connectivity index (χ0) is 20.7. The van der Waals surface area contributed by atoms with Crippen molar-refractivity contribution in [2.45, 2.75) is 18.9 Å². The number of imidazole rings is 1. The van der Waals surface area contributed by atoms with Crippen molar-refractivity contribution < 1.29 is 14.3 Å². The molecule has 3 heterocycles. The van der Waals surface area contributed by atoms with Crippen molar-refractivity contribution in [2.75, 3.05) is 31.6 Å². The molecule has 0 unspecified atom stereocenters. The number of likely N-dealkylation sites (tertiary alicyclic amines) is 1. The highest BCUT2D eigenvalue weighted by molar-refractivity contribution is 9.10. The zero-order valence-electron chi connectivity index (χ0n) is 16.2. The summed E-state index contributed by atoms with van der Waals surface area (Å²) in [7, 11) is 0. The maximum absolute atomic E-state index is 12.8. The van der Waals surface area contributed by atoms with Gasteiger partial charge < -0.3 is 24.8 Å². The number of amides is 1.